The molecule has 25 heavy (non-hydrogen) atoms. The molecule has 3 rings (SSSR count). The quantitative estimate of drug-likeness (QED) is 0.642. The van der Waals surface area contributed by atoms with E-state index in [4.69, 9.17) is 0 Å². The monoisotopic (exact) mass is 343 g/mol. The number of benzene rings is 1. The van der Waals surface area contributed by atoms with E-state index in [9.17, 15) is 24.5 Å². The lowest BCUT2D eigenvalue weighted by atomic mass is 9.81. The largest absolute Gasteiger partial charge is 0.329 e. The van der Waals surface area contributed by atoms with Crippen molar-refractivity contribution >= 4 is 29.0 Å². The highest BCUT2D eigenvalue weighted by Crippen LogP contribution is 2.32. The minimum atomic E-state index is -0.828. The number of anilines is 1. The summed E-state index contributed by atoms with van der Waals surface area (Å²) in [6, 6.07) is 4.11. The number of nitrogens with one attached hydrogen (secondary N) is 2. The summed E-state index contributed by atoms with van der Waals surface area (Å²) >= 11 is 0. The van der Waals surface area contributed by atoms with Crippen LogP contribution in [-0.2, 0) is 14.4 Å². The van der Waals surface area contributed by atoms with Crippen molar-refractivity contribution in [1.82, 2.24) is 5.32 Å². The van der Waals surface area contributed by atoms with Gasteiger partial charge in [0.05, 0.1) is 10.8 Å². The van der Waals surface area contributed by atoms with Crippen LogP contribution in [-0.4, -0.2) is 22.5 Å². The molecule has 0 unspecified atom stereocenters. The topological polar surface area (TPSA) is 118 Å². The van der Waals surface area contributed by atoms with Crippen molar-refractivity contribution in [3.63, 3.8) is 0 Å². The van der Waals surface area contributed by atoms with Crippen LogP contribution in [0.25, 0.3) is 0 Å². The molecule has 1 aliphatic heterocycles. The zero-order valence-electron chi connectivity index (χ0n) is 13.6. The van der Waals surface area contributed by atoms with Crippen LogP contribution in [0.4, 0.5) is 11.4 Å². The van der Waals surface area contributed by atoms with Crippen LogP contribution in [0.2, 0.25) is 0 Å². The van der Waals surface area contributed by atoms with Crippen LogP contribution in [0.1, 0.15) is 31.2 Å². The Hall–Kier alpha value is -3.03. The van der Waals surface area contributed by atoms with Crippen molar-refractivity contribution in [2.45, 2.75) is 32.6 Å². The molecule has 0 bridgehead atoms. The number of nitro groups is 1. The van der Waals surface area contributed by atoms with E-state index < -0.39 is 16.7 Å². The van der Waals surface area contributed by atoms with Gasteiger partial charge in [-0.15, -0.1) is 0 Å². The van der Waals surface area contributed by atoms with E-state index in [0.717, 1.165) is 0 Å². The first-order chi connectivity index (χ1) is 11.9. The Balaban J connectivity index is 1.86. The van der Waals surface area contributed by atoms with E-state index >= 15 is 0 Å². The average Bonchev–Trinajstić information content (AvgIpc) is 2.55. The molecule has 1 aliphatic carbocycles. The number of rotatable bonds is 3. The molecule has 2 amide bonds. The molecule has 0 radical (unpaired) electrons. The second-order valence-corrected chi connectivity index (χ2v) is 6.22. The molecule has 0 fully saturated rings. The van der Waals surface area contributed by atoms with E-state index in [-0.39, 0.29) is 23.8 Å². The first-order valence-electron chi connectivity index (χ1n) is 7.99. The van der Waals surface area contributed by atoms with Crippen molar-refractivity contribution in [1.29, 1.82) is 0 Å². The Bertz CT molecular complexity index is 828. The van der Waals surface area contributed by atoms with E-state index in [1.54, 1.807) is 6.92 Å². The van der Waals surface area contributed by atoms with E-state index in [1.807, 2.05) is 0 Å². The van der Waals surface area contributed by atoms with Crippen molar-refractivity contribution in [2.75, 3.05) is 5.32 Å². The Labute approximate surface area is 143 Å². The number of carbonyl (C=O) groups is 3. The van der Waals surface area contributed by atoms with E-state index in [1.165, 1.54) is 18.2 Å². The van der Waals surface area contributed by atoms with Gasteiger partial charge in [0.25, 0.3) is 5.69 Å². The molecule has 1 aromatic rings. The van der Waals surface area contributed by atoms with Crippen LogP contribution in [0.5, 0.6) is 0 Å². The summed E-state index contributed by atoms with van der Waals surface area (Å²) in [6.45, 7) is 1.65. The Morgan fingerprint density at radius 3 is 2.76 bits per heavy atom. The maximum absolute atomic E-state index is 12.7. The number of allylic oxidation sites excluding steroid dienone is 1. The van der Waals surface area contributed by atoms with Crippen LogP contribution < -0.4 is 10.6 Å². The number of Topliss-reactive ketones (excluding diaryl/α,β-unsaturated/α-hetero) is 1. The fraction of sp³-hybridized carbons (Fsp3) is 0.353. The SMILES string of the molecule is Cc1cc([N+](=O)[O-])ccc1NC(=O)[C@@H]1CC(=O)NC2=C1C(=O)CCC2. The minimum absolute atomic E-state index is 0.0694. The summed E-state index contributed by atoms with van der Waals surface area (Å²) in [7, 11) is 0. The first-order valence-corrected chi connectivity index (χ1v) is 7.99. The summed E-state index contributed by atoms with van der Waals surface area (Å²) in [5.41, 5.74) is 1.83. The molecule has 1 atom stereocenters. The van der Waals surface area contributed by atoms with Crippen molar-refractivity contribution in [3.8, 4) is 0 Å². The van der Waals surface area contributed by atoms with Gasteiger partial charge in [0.1, 0.15) is 0 Å². The number of nitro benzene ring substituents is 1. The summed E-state index contributed by atoms with van der Waals surface area (Å²) < 4.78 is 0. The number of hydrogen-bond donors (Lipinski definition) is 2. The lowest BCUT2D eigenvalue weighted by molar-refractivity contribution is -0.384. The third-order valence-electron chi connectivity index (χ3n) is 4.48. The standard InChI is InChI=1S/C17H17N3O5/c1-9-7-10(20(24)25)5-6-12(9)19-17(23)11-8-15(22)18-13-3-2-4-14(21)16(11)13/h5-7,11H,2-4,8H2,1H3,(H,18,22)(H,19,23)/t11-/m1/s1. The normalized spacial score (nSPS) is 20.0. The predicted octanol–water partition coefficient (Wildman–Crippen LogP) is 1.98. The average molecular weight is 343 g/mol. The molecular weight excluding hydrogens is 326 g/mol. The fourth-order valence-electron chi connectivity index (χ4n) is 3.25. The van der Waals surface area contributed by atoms with Crippen molar-refractivity contribution in [3.05, 3.63) is 45.1 Å². The first kappa shape index (κ1) is 16.8. The van der Waals surface area contributed by atoms with Crippen molar-refractivity contribution in [2.24, 2.45) is 5.92 Å². The third-order valence-corrected chi connectivity index (χ3v) is 4.48. The highest BCUT2D eigenvalue weighted by molar-refractivity contribution is 6.09. The zero-order valence-corrected chi connectivity index (χ0v) is 13.6. The number of ketones is 1. The van der Waals surface area contributed by atoms with Gasteiger partial charge in [-0.2, -0.15) is 0 Å². The maximum atomic E-state index is 12.7. The molecule has 8 nitrogen and oxygen atoms in total. The lowest BCUT2D eigenvalue weighted by Gasteiger charge is -2.30. The minimum Gasteiger partial charge on any atom is -0.329 e. The zero-order chi connectivity index (χ0) is 18.1. The van der Waals surface area contributed by atoms with Crippen LogP contribution in [0.3, 0.4) is 0 Å². The maximum Gasteiger partial charge on any atom is 0.269 e. The summed E-state index contributed by atoms with van der Waals surface area (Å²) in [5.74, 6) is -1.67. The fourth-order valence-corrected chi connectivity index (χ4v) is 3.25. The van der Waals surface area contributed by atoms with E-state index in [2.05, 4.69) is 10.6 Å². The molecule has 0 spiro atoms. The smallest absolute Gasteiger partial charge is 0.269 e. The van der Waals surface area contributed by atoms with Gasteiger partial charge in [0, 0.05) is 41.9 Å². The summed E-state index contributed by atoms with van der Waals surface area (Å²) in [4.78, 5) is 47.0. The van der Waals surface area contributed by atoms with E-state index in [0.29, 0.717) is 41.8 Å². The highest BCUT2D eigenvalue weighted by Gasteiger charge is 2.38. The molecule has 2 N–H and O–H groups in total. The van der Waals surface area contributed by atoms with Gasteiger partial charge in [0.15, 0.2) is 5.78 Å². The van der Waals surface area contributed by atoms with Gasteiger partial charge in [-0.05, 0) is 31.4 Å². The van der Waals surface area contributed by atoms with Gasteiger partial charge >= 0.3 is 0 Å². The second-order valence-electron chi connectivity index (χ2n) is 6.22. The number of nitrogens with zero attached hydrogens (tertiary/aromatic N) is 1. The lowest BCUT2D eigenvalue weighted by Crippen LogP contribution is -2.41. The molecule has 2 aliphatic rings. The molecule has 8 heteroatoms. The molecule has 1 heterocycles. The number of carbonyl (C=O) groups excluding carboxylic acids is 3. The number of hydrogen-bond acceptors (Lipinski definition) is 5. The van der Waals surface area contributed by atoms with Crippen molar-refractivity contribution < 1.29 is 19.3 Å². The van der Waals surface area contributed by atoms with Gasteiger partial charge in [-0.25, -0.2) is 0 Å². The Morgan fingerprint density at radius 2 is 2.08 bits per heavy atom. The van der Waals surface area contributed by atoms with Crippen LogP contribution in [0, 0.1) is 23.0 Å². The molecule has 1 aromatic carbocycles. The molecule has 130 valence electrons. The molecule has 0 saturated carbocycles. The predicted molar refractivity (Wildman–Crippen MR) is 88.6 cm³/mol. The second kappa shape index (κ2) is 6.46. The van der Waals surface area contributed by atoms with Gasteiger partial charge in [0.2, 0.25) is 11.8 Å². The highest BCUT2D eigenvalue weighted by atomic mass is 16.6. The Morgan fingerprint density at radius 1 is 1.32 bits per heavy atom. The van der Waals surface area contributed by atoms with Crippen LogP contribution >= 0.6 is 0 Å². The van der Waals surface area contributed by atoms with Crippen LogP contribution in [0.15, 0.2) is 29.5 Å². The summed E-state index contributed by atoms with van der Waals surface area (Å²) in [6.07, 6.45) is 1.53. The number of amides is 2. The van der Waals surface area contributed by atoms with Gasteiger partial charge in [-0.1, -0.05) is 0 Å². The Kier molecular flexibility index (Phi) is 4.35. The number of aryl methyl sites for hydroxylation is 1. The number of non-ortho nitro benzene ring substituents is 1. The van der Waals surface area contributed by atoms with Gasteiger partial charge < -0.3 is 10.6 Å². The van der Waals surface area contributed by atoms with Gasteiger partial charge in [-0.3, -0.25) is 24.5 Å². The third kappa shape index (κ3) is 3.28. The molecule has 0 aromatic heterocycles. The summed E-state index contributed by atoms with van der Waals surface area (Å²) in [5, 5.41) is 16.2. The molecular formula is C17H17N3O5. The molecule has 0 saturated heterocycles.